The lowest BCUT2D eigenvalue weighted by molar-refractivity contribution is -0.139. The number of carboxylic acid groups (broad SMARTS) is 1. The van der Waals surface area contributed by atoms with Crippen LogP contribution in [0.2, 0.25) is 0 Å². The van der Waals surface area contributed by atoms with Crippen molar-refractivity contribution >= 4 is 44.4 Å². The number of carbonyl (C=O) groups excluding carboxylic acids is 1. The highest BCUT2D eigenvalue weighted by Crippen LogP contribution is 2.34. The van der Waals surface area contributed by atoms with E-state index in [0.717, 1.165) is 17.4 Å². The van der Waals surface area contributed by atoms with Crippen LogP contribution in [0.3, 0.4) is 0 Å². The number of nitrogens with one attached hydrogen (secondary N) is 2. The molecule has 3 N–H and O–H groups in total. The first-order chi connectivity index (χ1) is 17.5. The van der Waals surface area contributed by atoms with Crippen LogP contribution < -0.4 is 10.6 Å². The summed E-state index contributed by atoms with van der Waals surface area (Å²) in [5.74, 6) is -2.25. The van der Waals surface area contributed by atoms with Gasteiger partial charge in [-0.25, -0.2) is 14.2 Å². The molecule has 192 valence electrons. The molecule has 2 aromatic heterocycles. The maximum atomic E-state index is 14.8. The molecule has 0 bridgehead atoms. The molecule has 4 aromatic rings. The van der Waals surface area contributed by atoms with Crippen LogP contribution in [-0.2, 0) is 11.0 Å². The van der Waals surface area contributed by atoms with Gasteiger partial charge in [-0.3, -0.25) is 4.79 Å². The van der Waals surface area contributed by atoms with Gasteiger partial charge in [0.05, 0.1) is 16.0 Å². The molecule has 0 spiro atoms. The number of anilines is 2. The van der Waals surface area contributed by atoms with E-state index in [1.807, 2.05) is 6.92 Å². The molecule has 2 aromatic carbocycles. The Morgan fingerprint density at radius 2 is 1.78 bits per heavy atom. The minimum absolute atomic E-state index is 0.0745. The second-order valence-corrected chi connectivity index (χ2v) is 9.14. The molecule has 1 atom stereocenters. The standard InChI is InChI=1S/C25H20F4N4O3S/c1-2-3-19(23(35)36)31-22(34)14-6-4-13(5-7-14)15-8-9-18(17(26)10-15)32-24-33-21-20(37-24)11-16(12-30-21)25(27,28)29/h4-12,19H,2-3H2,1H3,(H,31,34)(H,35,36)(H,30,32,33)/t19-/m0/s1. The van der Waals surface area contributed by atoms with Gasteiger partial charge in [0.25, 0.3) is 5.91 Å². The molecule has 0 saturated carbocycles. The molecule has 1 amide bonds. The summed E-state index contributed by atoms with van der Waals surface area (Å²) in [5.41, 5.74) is 0.704. The predicted molar refractivity (Wildman–Crippen MR) is 131 cm³/mol. The first kappa shape index (κ1) is 26.0. The van der Waals surface area contributed by atoms with Gasteiger partial charge in [0, 0.05) is 11.8 Å². The summed E-state index contributed by atoms with van der Waals surface area (Å²) in [6, 6.07) is 10.6. The summed E-state index contributed by atoms with van der Waals surface area (Å²) < 4.78 is 53.8. The number of amides is 1. The third kappa shape index (κ3) is 6.02. The zero-order valence-corrected chi connectivity index (χ0v) is 20.1. The molecule has 7 nitrogen and oxygen atoms in total. The monoisotopic (exact) mass is 532 g/mol. The number of pyridine rings is 1. The fourth-order valence-electron chi connectivity index (χ4n) is 3.54. The summed E-state index contributed by atoms with van der Waals surface area (Å²) in [7, 11) is 0. The lowest BCUT2D eigenvalue weighted by Gasteiger charge is -2.13. The van der Waals surface area contributed by atoms with Gasteiger partial charge >= 0.3 is 12.1 Å². The number of hydrogen-bond donors (Lipinski definition) is 3. The third-order valence-corrected chi connectivity index (χ3v) is 6.35. The largest absolute Gasteiger partial charge is 0.480 e. The van der Waals surface area contributed by atoms with Gasteiger partial charge in [-0.15, -0.1) is 0 Å². The van der Waals surface area contributed by atoms with E-state index in [2.05, 4.69) is 20.6 Å². The number of carboxylic acids is 1. The second-order valence-electron chi connectivity index (χ2n) is 8.11. The molecule has 12 heteroatoms. The van der Waals surface area contributed by atoms with Crippen molar-refractivity contribution in [3.8, 4) is 11.1 Å². The number of rotatable bonds is 8. The zero-order valence-electron chi connectivity index (χ0n) is 19.3. The quantitative estimate of drug-likeness (QED) is 0.232. The zero-order chi connectivity index (χ0) is 26.7. The highest BCUT2D eigenvalue weighted by molar-refractivity contribution is 7.22. The van der Waals surface area contributed by atoms with Gasteiger partial charge in [-0.05, 0) is 47.9 Å². The van der Waals surface area contributed by atoms with Crippen molar-refractivity contribution in [1.29, 1.82) is 0 Å². The molecule has 0 saturated heterocycles. The Labute approximate surface area is 212 Å². The fourth-order valence-corrected chi connectivity index (χ4v) is 4.42. The number of aliphatic carboxylic acids is 1. The maximum Gasteiger partial charge on any atom is 0.417 e. The predicted octanol–water partition coefficient (Wildman–Crippen LogP) is 6.24. The van der Waals surface area contributed by atoms with E-state index in [1.165, 1.54) is 24.3 Å². The van der Waals surface area contributed by atoms with Crippen molar-refractivity contribution in [3.63, 3.8) is 0 Å². The van der Waals surface area contributed by atoms with Crippen LogP contribution in [0.1, 0.15) is 35.7 Å². The van der Waals surface area contributed by atoms with Crippen molar-refractivity contribution in [2.24, 2.45) is 0 Å². The number of halogens is 4. The van der Waals surface area contributed by atoms with Crippen molar-refractivity contribution in [2.75, 3.05) is 5.32 Å². The third-order valence-electron chi connectivity index (χ3n) is 5.45. The van der Waals surface area contributed by atoms with E-state index in [4.69, 9.17) is 0 Å². The van der Waals surface area contributed by atoms with E-state index < -0.39 is 35.5 Å². The SMILES string of the molecule is CCC[C@H](NC(=O)c1ccc(-c2ccc(Nc3nc4ncc(C(F)(F)F)cc4s3)c(F)c2)cc1)C(=O)O. The number of hydrogen-bond acceptors (Lipinski definition) is 6. The lowest BCUT2D eigenvalue weighted by atomic mass is 10.0. The van der Waals surface area contributed by atoms with Gasteiger partial charge in [0.15, 0.2) is 10.8 Å². The number of carbonyl (C=O) groups is 2. The van der Waals surface area contributed by atoms with Gasteiger partial charge < -0.3 is 15.7 Å². The topological polar surface area (TPSA) is 104 Å². The number of thiazole rings is 1. The van der Waals surface area contributed by atoms with Crippen LogP contribution >= 0.6 is 11.3 Å². The van der Waals surface area contributed by atoms with E-state index in [0.29, 0.717) is 30.2 Å². The van der Waals surface area contributed by atoms with Crippen LogP contribution in [0, 0.1) is 5.82 Å². The molecule has 0 aliphatic rings. The molecule has 0 aliphatic heterocycles. The fraction of sp³-hybridized carbons (Fsp3) is 0.200. The molecule has 0 radical (unpaired) electrons. The number of nitrogens with zero attached hydrogens (tertiary/aromatic N) is 2. The molecular formula is C25H20F4N4O3S. The number of aromatic nitrogens is 2. The summed E-state index contributed by atoms with van der Waals surface area (Å²) in [4.78, 5) is 31.5. The molecular weight excluding hydrogens is 512 g/mol. The molecule has 0 aliphatic carbocycles. The normalized spacial score (nSPS) is 12.4. The van der Waals surface area contributed by atoms with Gasteiger partial charge in [-0.2, -0.15) is 18.2 Å². The Balaban J connectivity index is 1.48. The Morgan fingerprint density at radius 1 is 1.08 bits per heavy atom. The van der Waals surface area contributed by atoms with E-state index in [-0.39, 0.29) is 26.7 Å². The van der Waals surface area contributed by atoms with Crippen LogP contribution in [0.15, 0.2) is 54.7 Å². The Kier molecular flexibility index (Phi) is 7.39. The maximum absolute atomic E-state index is 14.8. The summed E-state index contributed by atoms with van der Waals surface area (Å²) in [6.07, 6.45) is -2.92. The average Bonchev–Trinajstić information content (AvgIpc) is 3.26. The highest BCUT2D eigenvalue weighted by Gasteiger charge is 2.31. The first-order valence-corrected chi connectivity index (χ1v) is 11.9. The molecule has 0 unspecified atom stereocenters. The van der Waals surface area contributed by atoms with Crippen molar-refractivity contribution in [3.05, 3.63) is 71.7 Å². The van der Waals surface area contributed by atoms with Gasteiger partial charge in [-0.1, -0.05) is 42.9 Å². The highest BCUT2D eigenvalue weighted by atomic mass is 32.1. The Bertz CT molecular complexity index is 1450. The second kappa shape index (κ2) is 10.5. The smallest absolute Gasteiger partial charge is 0.417 e. The summed E-state index contributed by atoms with van der Waals surface area (Å²) >= 11 is 0.919. The number of fused-ring (bicyclic) bond motifs is 1. The van der Waals surface area contributed by atoms with Crippen molar-refractivity contribution in [1.82, 2.24) is 15.3 Å². The van der Waals surface area contributed by atoms with Crippen LogP contribution in [0.5, 0.6) is 0 Å². The van der Waals surface area contributed by atoms with Gasteiger partial charge in [0.2, 0.25) is 0 Å². The van der Waals surface area contributed by atoms with E-state index in [1.54, 1.807) is 18.2 Å². The van der Waals surface area contributed by atoms with Crippen molar-refractivity contribution < 1.29 is 32.3 Å². The molecule has 37 heavy (non-hydrogen) atoms. The number of alkyl halides is 3. The summed E-state index contributed by atoms with van der Waals surface area (Å²) in [5, 5.41) is 14.6. The van der Waals surface area contributed by atoms with Gasteiger partial charge in [0.1, 0.15) is 11.9 Å². The number of benzene rings is 2. The lowest BCUT2D eigenvalue weighted by Crippen LogP contribution is -2.40. The molecule has 4 rings (SSSR count). The van der Waals surface area contributed by atoms with Crippen molar-refractivity contribution in [2.45, 2.75) is 32.0 Å². The Hall–Kier alpha value is -4.06. The van der Waals surface area contributed by atoms with E-state index >= 15 is 0 Å². The van der Waals surface area contributed by atoms with Crippen LogP contribution in [0.4, 0.5) is 28.4 Å². The average molecular weight is 533 g/mol. The molecule has 2 heterocycles. The Morgan fingerprint density at radius 3 is 2.41 bits per heavy atom. The van der Waals surface area contributed by atoms with Crippen LogP contribution in [0.25, 0.3) is 21.5 Å². The molecule has 0 fully saturated rings. The van der Waals surface area contributed by atoms with Crippen LogP contribution in [-0.4, -0.2) is 33.0 Å². The first-order valence-electron chi connectivity index (χ1n) is 11.1. The van der Waals surface area contributed by atoms with E-state index in [9.17, 15) is 32.3 Å². The minimum atomic E-state index is -4.53. The summed E-state index contributed by atoms with van der Waals surface area (Å²) in [6.45, 7) is 1.82. The minimum Gasteiger partial charge on any atom is -0.480 e.